The molecule has 0 aliphatic heterocycles. The van der Waals surface area contributed by atoms with Crippen LogP contribution in [0.5, 0.6) is 11.5 Å². The van der Waals surface area contributed by atoms with E-state index in [1.165, 1.54) is 6.92 Å². The fourth-order valence-electron chi connectivity index (χ4n) is 2.47. The van der Waals surface area contributed by atoms with Crippen molar-refractivity contribution in [1.82, 2.24) is 0 Å². The van der Waals surface area contributed by atoms with Crippen LogP contribution in [-0.4, -0.2) is 30.8 Å². The van der Waals surface area contributed by atoms with Crippen molar-refractivity contribution in [2.75, 3.05) is 19.9 Å². The highest BCUT2D eigenvalue weighted by molar-refractivity contribution is 7.67. The lowest BCUT2D eigenvalue weighted by Crippen LogP contribution is -2.18. The van der Waals surface area contributed by atoms with Crippen molar-refractivity contribution in [3.63, 3.8) is 0 Å². The number of hydrogen-bond acceptors (Lipinski definition) is 7. The summed E-state index contributed by atoms with van der Waals surface area (Å²) in [5.74, 6) is -6.59. The first-order valence-electron chi connectivity index (χ1n) is 8.56. The standard InChI is InChI=1S/C18H16ClF3NO7P/c1-4-31(27,29-8-13(24)28-3)12-7-10(5-6-11(12)23(25)26)30-18-14(19)15(20)9(2)16(21)17(18)22/h5-7H,4,8H2,1-3H3. The zero-order valence-corrected chi connectivity index (χ0v) is 18.1. The van der Waals surface area contributed by atoms with Crippen LogP contribution in [0.15, 0.2) is 18.2 Å². The number of nitro benzene ring substituents is 1. The smallest absolute Gasteiger partial charge is 0.332 e. The van der Waals surface area contributed by atoms with Crippen molar-refractivity contribution in [2.24, 2.45) is 0 Å². The monoisotopic (exact) mass is 481 g/mol. The lowest BCUT2D eigenvalue weighted by molar-refractivity contribution is -0.383. The van der Waals surface area contributed by atoms with E-state index in [2.05, 4.69) is 4.74 Å². The molecule has 0 aliphatic rings. The van der Waals surface area contributed by atoms with E-state index in [0.29, 0.717) is 0 Å². The zero-order valence-electron chi connectivity index (χ0n) is 16.4. The lowest BCUT2D eigenvalue weighted by Gasteiger charge is -2.18. The van der Waals surface area contributed by atoms with Crippen molar-refractivity contribution in [3.05, 3.63) is 56.4 Å². The van der Waals surface area contributed by atoms with E-state index in [1.807, 2.05) is 0 Å². The molecule has 0 aromatic heterocycles. The summed E-state index contributed by atoms with van der Waals surface area (Å²) >= 11 is 5.72. The Balaban J connectivity index is 2.58. The highest BCUT2D eigenvalue weighted by Gasteiger charge is 2.34. The van der Waals surface area contributed by atoms with Gasteiger partial charge in [0.25, 0.3) is 5.69 Å². The van der Waals surface area contributed by atoms with Gasteiger partial charge in [-0.25, -0.2) is 13.6 Å². The van der Waals surface area contributed by atoms with Gasteiger partial charge in [-0.15, -0.1) is 0 Å². The van der Waals surface area contributed by atoms with Gasteiger partial charge < -0.3 is 14.0 Å². The highest BCUT2D eigenvalue weighted by Crippen LogP contribution is 2.49. The van der Waals surface area contributed by atoms with E-state index in [9.17, 15) is 32.6 Å². The Labute approximate surface area is 179 Å². The minimum Gasteiger partial charge on any atom is -0.467 e. The number of nitro groups is 1. The van der Waals surface area contributed by atoms with E-state index < -0.39 is 69.6 Å². The summed E-state index contributed by atoms with van der Waals surface area (Å²) in [6.45, 7) is 1.62. The fourth-order valence-corrected chi connectivity index (χ4v) is 4.54. The van der Waals surface area contributed by atoms with Crippen LogP contribution in [0, 0.1) is 34.5 Å². The van der Waals surface area contributed by atoms with Crippen molar-refractivity contribution < 1.29 is 41.5 Å². The lowest BCUT2D eigenvalue weighted by atomic mass is 10.2. The number of carbonyl (C=O) groups excluding carboxylic acids is 1. The molecule has 168 valence electrons. The van der Waals surface area contributed by atoms with E-state index in [-0.39, 0.29) is 11.9 Å². The predicted molar refractivity (Wildman–Crippen MR) is 105 cm³/mol. The molecule has 0 saturated heterocycles. The molecule has 0 saturated carbocycles. The summed E-state index contributed by atoms with van der Waals surface area (Å²) in [4.78, 5) is 21.9. The maximum Gasteiger partial charge on any atom is 0.332 e. The number of carbonyl (C=O) groups is 1. The van der Waals surface area contributed by atoms with E-state index in [0.717, 1.165) is 32.2 Å². The van der Waals surface area contributed by atoms with E-state index in [4.69, 9.17) is 20.9 Å². The number of benzene rings is 2. The van der Waals surface area contributed by atoms with Gasteiger partial charge in [-0.2, -0.15) is 4.39 Å². The van der Waals surface area contributed by atoms with Gasteiger partial charge in [0.2, 0.25) is 13.2 Å². The summed E-state index contributed by atoms with van der Waals surface area (Å²) in [6, 6.07) is 2.78. The largest absolute Gasteiger partial charge is 0.467 e. The molecule has 0 aliphatic carbocycles. The van der Waals surface area contributed by atoms with E-state index >= 15 is 0 Å². The van der Waals surface area contributed by atoms with Crippen molar-refractivity contribution >= 4 is 35.9 Å². The number of halogens is 4. The van der Waals surface area contributed by atoms with Gasteiger partial charge in [0.15, 0.2) is 24.0 Å². The van der Waals surface area contributed by atoms with Crippen LogP contribution in [0.1, 0.15) is 12.5 Å². The first kappa shape index (κ1) is 24.6. The number of hydrogen-bond donors (Lipinski definition) is 0. The second-order valence-electron chi connectivity index (χ2n) is 6.06. The van der Waals surface area contributed by atoms with E-state index in [1.54, 1.807) is 0 Å². The molecule has 0 amide bonds. The molecule has 1 atom stereocenters. The van der Waals surface area contributed by atoms with Gasteiger partial charge in [0.05, 0.1) is 12.0 Å². The fraction of sp³-hybridized carbons (Fsp3) is 0.278. The number of rotatable bonds is 8. The molecule has 2 aromatic carbocycles. The minimum atomic E-state index is -3.99. The Hall–Kier alpha value is -2.62. The Morgan fingerprint density at radius 2 is 1.87 bits per heavy atom. The second-order valence-corrected chi connectivity index (χ2v) is 9.16. The molecule has 1 unspecified atom stereocenters. The van der Waals surface area contributed by atoms with Gasteiger partial charge in [-0.05, 0) is 13.0 Å². The van der Waals surface area contributed by atoms with Crippen LogP contribution in [-0.2, 0) is 18.6 Å². The summed E-state index contributed by atoms with van der Waals surface area (Å²) in [6.07, 6.45) is -0.253. The molecule has 2 aromatic rings. The predicted octanol–water partition coefficient (Wildman–Crippen LogP) is 4.88. The molecule has 31 heavy (non-hydrogen) atoms. The number of nitrogens with zero attached hydrogens (tertiary/aromatic N) is 1. The molecule has 0 bridgehead atoms. The Bertz CT molecular complexity index is 1070. The molecule has 13 heteroatoms. The van der Waals surface area contributed by atoms with Crippen LogP contribution in [0.4, 0.5) is 18.9 Å². The minimum absolute atomic E-state index is 0.253. The molecule has 2 rings (SSSR count). The SMILES string of the molecule is CCP(=O)(OCC(=O)OC)c1cc(Oc2c(F)c(F)c(C)c(F)c2Cl)ccc1[N+](=O)[O-]. The maximum atomic E-state index is 14.3. The van der Waals surface area contributed by atoms with Crippen molar-refractivity contribution in [2.45, 2.75) is 13.8 Å². The quantitative estimate of drug-likeness (QED) is 0.174. The average Bonchev–Trinajstić information content (AvgIpc) is 2.77. The van der Waals surface area contributed by atoms with Crippen molar-refractivity contribution in [1.29, 1.82) is 0 Å². The first-order valence-corrected chi connectivity index (χ1v) is 10.7. The van der Waals surface area contributed by atoms with Gasteiger partial charge >= 0.3 is 5.97 Å². The zero-order chi connectivity index (χ0) is 23.5. The molecule has 0 fully saturated rings. The molecular weight excluding hydrogens is 466 g/mol. The van der Waals surface area contributed by atoms with Crippen LogP contribution >= 0.6 is 19.0 Å². The number of methoxy groups -OCH3 is 1. The van der Waals surface area contributed by atoms with Crippen LogP contribution in [0.3, 0.4) is 0 Å². The van der Waals surface area contributed by atoms with Crippen LogP contribution < -0.4 is 10.0 Å². The number of esters is 1. The average molecular weight is 482 g/mol. The Kier molecular flexibility index (Phi) is 7.69. The van der Waals surface area contributed by atoms with Crippen LogP contribution in [0.2, 0.25) is 5.02 Å². The topological polar surface area (TPSA) is 105 Å². The van der Waals surface area contributed by atoms with Crippen molar-refractivity contribution in [3.8, 4) is 11.5 Å². The summed E-state index contributed by atoms with van der Waals surface area (Å²) in [5, 5.41) is 10.1. The molecule has 8 nitrogen and oxygen atoms in total. The van der Waals surface area contributed by atoms with Gasteiger partial charge in [0, 0.05) is 23.9 Å². The summed E-state index contributed by atoms with van der Waals surface area (Å²) in [5.41, 5.74) is -1.29. The summed E-state index contributed by atoms with van der Waals surface area (Å²) < 4.78 is 70.0. The normalized spacial score (nSPS) is 12.9. The molecule has 0 radical (unpaired) electrons. The van der Waals surface area contributed by atoms with Gasteiger partial charge in [0.1, 0.15) is 16.1 Å². The molecule has 0 N–H and O–H groups in total. The maximum absolute atomic E-state index is 14.3. The second kappa shape index (κ2) is 9.67. The third-order valence-corrected chi connectivity index (χ3v) is 7.02. The third-order valence-electron chi connectivity index (χ3n) is 4.21. The molecule has 0 heterocycles. The third kappa shape index (κ3) is 5.00. The molecule has 0 spiro atoms. The molecular formula is C18H16ClF3NO7P. The summed E-state index contributed by atoms with van der Waals surface area (Å²) in [7, 11) is -2.92. The van der Waals surface area contributed by atoms with Gasteiger partial charge in [-0.3, -0.25) is 14.7 Å². The van der Waals surface area contributed by atoms with Crippen LogP contribution in [0.25, 0.3) is 0 Å². The highest BCUT2D eigenvalue weighted by atomic mass is 35.5. The first-order chi connectivity index (χ1) is 14.5. The van der Waals surface area contributed by atoms with Gasteiger partial charge in [-0.1, -0.05) is 18.5 Å². The Morgan fingerprint density at radius 3 is 2.42 bits per heavy atom. The number of ether oxygens (including phenoxy) is 2. The Morgan fingerprint density at radius 1 is 1.23 bits per heavy atom.